The number of rotatable bonds is 11. The van der Waals surface area contributed by atoms with Crippen molar-refractivity contribution in [2.24, 2.45) is 17.8 Å². The highest BCUT2D eigenvalue weighted by atomic mass is 35.5. The average molecular weight is 1300 g/mol. The fourth-order valence-corrected chi connectivity index (χ4v) is 12.1. The van der Waals surface area contributed by atoms with Gasteiger partial charge in [0.25, 0.3) is 0 Å². The largest absolute Gasteiger partial charge is 0.416 e. The molecule has 2 aliphatic heterocycles. The van der Waals surface area contributed by atoms with E-state index in [9.17, 15) is 61.1 Å². The molecule has 1 spiro atoms. The van der Waals surface area contributed by atoms with E-state index in [1.54, 1.807) is 38.1 Å². The monoisotopic (exact) mass is 1300 g/mol. The Morgan fingerprint density at radius 1 is 0.604 bits per heavy atom. The van der Waals surface area contributed by atoms with Crippen molar-refractivity contribution in [1.82, 2.24) is 55.6 Å². The van der Waals surface area contributed by atoms with Gasteiger partial charge in [-0.3, -0.25) is 52.7 Å². The topological polar surface area (TPSA) is 259 Å². The number of aryl methyl sites for hydroxylation is 1. The molecule has 3 aliphatic rings. The molecule has 504 valence electrons. The average Bonchev–Trinajstić information content (AvgIpc) is 1.74. The number of carbonyl (C=O) groups is 11. The van der Waals surface area contributed by atoms with E-state index >= 15 is 4.79 Å². The minimum atomic E-state index is -4.62. The minimum absolute atomic E-state index is 0.00925. The van der Waals surface area contributed by atoms with Crippen molar-refractivity contribution in [2.45, 2.75) is 186 Å². The van der Waals surface area contributed by atoms with E-state index in [0.29, 0.717) is 41.8 Å². The zero-order valence-corrected chi connectivity index (χ0v) is 55.8. The summed E-state index contributed by atoms with van der Waals surface area (Å²) < 4.78 is 40.8. The van der Waals surface area contributed by atoms with Gasteiger partial charge in [-0.25, -0.2) is 0 Å². The highest BCUT2D eigenvalue weighted by Gasteiger charge is 2.49. The maximum Gasteiger partial charge on any atom is 0.416 e. The molecule has 0 radical (unpaired) electrons. The van der Waals surface area contributed by atoms with E-state index in [0.717, 1.165) is 31.7 Å². The molecule has 11 amide bonds. The van der Waals surface area contributed by atoms with E-state index < -0.39 is 150 Å². The third-order valence-electron chi connectivity index (χ3n) is 17.8. The molecule has 8 atom stereocenters. The second-order valence-electron chi connectivity index (χ2n) is 26.0. The van der Waals surface area contributed by atoms with Crippen LogP contribution in [0.15, 0.2) is 48.5 Å². The summed E-state index contributed by atoms with van der Waals surface area (Å²) in [5.74, 6) is -7.79. The highest BCUT2D eigenvalue weighted by molar-refractivity contribution is 6.30. The molecular formula is C65H95ClF3N11O11. The molecule has 1 aliphatic carbocycles. The fraction of sp³-hybridized carbons (Fsp3) is 0.646. The second-order valence-corrected chi connectivity index (χ2v) is 26.4. The Kier molecular flexibility index (Phi) is 26.8. The standard InChI is InChI=1S/C65H95ClF3N11O11/c1-14-41(6)56-62(90)76(10)37-54(83)74(8)38-55(84)78(12)51(35-44-21-26-46(66)27-22-44)61(89)75(9)36-52(81)71-47(28-23-43-19-24-45(25-20-43)65(67,68)69)60(88)80-31-17-18-48(80)59(87)73-64(29-15-16-30-64)63(91)79(13)50(33-40(4)5)57(85)70-42(7)34-53(82)77(11)49(32-39(2)3)58(86)72-56/h19-22,24-27,39-42,47-51,56H,14-18,23,28-38H2,1-13H3,(H,70,85)(H,71,81)(H,72,86)(H,73,87)/t41-,42+,47-,48?,49-,50-,51-,56-/m0/s1. The van der Waals surface area contributed by atoms with Crippen LogP contribution in [0.25, 0.3) is 0 Å². The van der Waals surface area contributed by atoms with Crippen molar-refractivity contribution in [3.05, 3.63) is 70.2 Å². The summed E-state index contributed by atoms with van der Waals surface area (Å²) in [6.07, 6.45) is -2.28. The van der Waals surface area contributed by atoms with Gasteiger partial charge in [0.05, 0.1) is 25.2 Å². The van der Waals surface area contributed by atoms with Crippen LogP contribution < -0.4 is 21.3 Å². The molecule has 3 fully saturated rings. The van der Waals surface area contributed by atoms with Gasteiger partial charge in [-0.05, 0) is 111 Å². The number of amides is 11. The summed E-state index contributed by atoms with van der Waals surface area (Å²) in [6, 6.07) is 2.87. The number of carbonyl (C=O) groups excluding carboxylic acids is 11. The van der Waals surface area contributed by atoms with Gasteiger partial charge < -0.3 is 55.6 Å². The van der Waals surface area contributed by atoms with Crippen LogP contribution in [0.2, 0.25) is 5.02 Å². The number of halogens is 4. The van der Waals surface area contributed by atoms with Crippen molar-refractivity contribution in [1.29, 1.82) is 0 Å². The number of benzene rings is 2. The molecule has 1 unspecified atom stereocenters. The molecule has 26 heteroatoms. The quantitative estimate of drug-likeness (QED) is 0.237. The first-order valence-electron chi connectivity index (χ1n) is 31.5. The van der Waals surface area contributed by atoms with Gasteiger partial charge in [0.1, 0.15) is 41.8 Å². The third-order valence-corrected chi connectivity index (χ3v) is 18.0. The number of hydrogen-bond acceptors (Lipinski definition) is 11. The van der Waals surface area contributed by atoms with Gasteiger partial charge in [-0.15, -0.1) is 0 Å². The normalized spacial score (nSPS) is 24.9. The maximum absolute atomic E-state index is 15.0. The Morgan fingerprint density at radius 2 is 1.14 bits per heavy atom. The zero-order chi connectivity index (χ0) is 68.0. The van der Waals surface area contributed by atoms with Gasteiger partial charge in [0.15, 0.2) is 0 Å². The molecule has 0 aromatic heterocycles. The lowest BCUT2D eigenvalue weighted by Gasteiger charge is -2.39. The van der Waals surface area contributed by atoms with Crippen LogP contribution in [0.1, 0.15) is 136 Å². The minimum Gasteiger partial charge on any atom is -0.351 e. The SMILES string of the molecule is CC[C@H](C)[C@@H]1NC(=O)[C@H](CC(C)C)N(C)C(=O)C[C@@H](C)NC(=O)[C@H](CC(C)C)N(C)C(=O)C2(CCCC2)NC(=O)C2CCCN2C(=O)[C@H](CCc2ccc(C(F)(F)F)cc2)NC(=O)CN(C)C(=O)[C@H](Cc2ccc(Cl)cc2)N(C)C(=O)CN(C)C(=O)CN(C)C1=O. The summed E-state index contributed by atoms with van der Waals surface area (Å²) in [6.45, 7) is 11.0. The molecule has 22 nitrogen and oxygen atoms in total. The van der Waals surface area contributed by atoms with Gasteiger partial charge >= 0.3 is 6.18 Å². The molecular weight excluding hydrogens is 1200 g/mol. The third kappa shape index (κ3) is 20.1. The lowest BCUT2D eigenvalue weighted by molar-refractivity contribution is -0.149. The smallest absolute Gasteiger partial charge is 0.351 e. The van der Waals surface area contributed by atoms with E-state index in [1.807, 2.05) is 34.6 Å². The molecule has 91 heavy (non-hydrogen) atoms. The molecule has 0 bridgehead atoms. The van der Waals surface area contributed by atoms with E-state index in [2.05, 4.69) is 21.3 Å². The Hall–Kier alpha value is -7.31. The summed E-state index contributed by atoms with van der Waals surface area (Å²) in [4.78, 5) is 168. The summed E-state index contributed by atoms with van der Waals surface area (Å²) >= 11 is 6.21. The first-order chi connectivity index (χ1) is 42.6. The molecule has 5 rings (SSSR count). The van der Waals surface area contributed by atoms with E-state index in [4.69, 9.17) is 11.6 Å². The first kappa shape index (κ1) is 74.4. The molecule has 4 N–H and O–H groups in total. The Labute approximate surface area is 538 Å². The Morgan fingerprint density at radius 3 is 1.71 bits per heavy atom. The van der Waals surface area contributed by atoms with E-state index in [1.165, 1.54) is 69.1 Å². The van der Waals surface area contributed by atoms with Gasteiger partial charge in [0.2, 0.25) is 65.0 Å². The number of likely N-dealkylation sites (N-methyl/N-ethyl adjacent to an activating group) is 6. The zero-order valence-electron chi connectivity index (χ0n) is 55.0. The van der Waals surface area contributed by atoms with Crippen LogP contribution in [-0.2, 0) is 71.8 Å². The van der Waals surface area contributed by atoms with Crippen molar-refractivity contribution < 1.29 is 65.9 Å². The van der Waals surface area contributed by atoms with Gasteiger partial charge in [-0.1, -0.05) is 96.7 Å². The Balaban J connectivity index is 1.56. The van der Waals surface area contributed by atoms with Gasteiger partial charge in [0, 0.05) is 72.7 Å². The van der Waals surface area contributed by atoms with Crippen LogP contribution in [0.3, 0.4) is 0 Å². The summed E-state index contributed by atoms with van der Waals surface area (Å²) in [5, 5.41) is 11.9. The number of alkyl halides is 3. The van der Waals surface area contributed by atoms with Crippen LogP contribution in [0, 0.1) is 17.8 Å². The van der Waals surface area contributed by atoms with Crippen LogP contribution in [-0.4, -0.2) is 216 Å². The van der Waals surface area contributed by atoms with Crippen LogP contribution >= 0.6 is 11.6 Å². The number of nitrogens with zero attached hydrogens (tertiary/aromatic N) is 7. The number of hydrogen-bond donors (Lipinski definition) is 4. The van der Waals surface area contributed by atoms with Crippen molar-refractivity contribution >= 4 is 76.6 Å². The predicted octanol–water partition coefficient (Wildman–Crippen LogP) is 4.83. The van der Waals surface area contributed by atoms with Crippen molar-refractivity contribution in [3.63, 3.8) is 0 Å². The molecule has 1 saturated carbocycles. The fourth-order valence-electron chi connectivity index (χ4n) is 12.0. The summed E-state index contributed by atoms with van der Waals surface area (Å²) in [7, 11) is 8.36. The second kappa shape index (κ2) is 32.8. The summed E-state index contributed by atoms with van der Waals surface area (Å²) in [5.41, 5.74) is -1.41. The molecule has 2 saturated heterocycles. The first-order valence-corrected chi connectivity index (χ1v) is 31.9. The van der Waals surface area contributed by atoms with E-state index in [-0.39, 0.29) is 76.2 Å². The highest BCUT2D eigenvalue weighted by Crippen LogP contribution is 2.34. The lowest BCUT2D eigenvalue weighted by Crippen LogP contribution is -2.64. The Bertz CT molecular complexity index is 2930. The van der Waals surface area contributed by atoms with Crippen LogP contribution in [0.5, 0.6) is 0 Å². The maximum atomic E-state index is 15.0. The molecule has 2 heterocycles. The predicted molar refractivity (Wildman–Crippen MR) is 336 cm³/mol. The molecule has 2 aromatic rings. The van der Waals surface area contributed by atoms with Crippen LogP contribution in [0.4, 0.5) is 13.2 Å². The number of nitrogens with one attached hydrogen (secondary N) is 4. The van der Waals surface area contributed by atoms with Gasteiger partial charge in [-0.2, -0.15) is 13.2 Å². The number of fused-ring (bicyclic) bond motifs is 1. The lowest BCUT2D eigenvalue weighted by atomic mass is 9.92. The molecule has 2 aromatic carbocycles. The van der Waals surface area contributed by atoms with Crippen molar-refractivity contribution in [2.75, 3.05) is 68.5 Å². The van der Waals surface area contributed by atoms with Crippen molar-refractivity contribution in [3.8, 4) is 0 Å².